The van der Waals surface area contributed by atoms with Crippen LogP contribution in [-0.4, -0.2) is 11.9 Å². The molecule has 0 aliphatic carbocycles. The van der Waals surface area contributed by atoms with Gasteiger partial charge in [0.15, 0.2) is 11.5 Å². The highest BCUT2D eigenvalue weighted by Gasteiger charge is 2.16. The zero-order valence-corrected chi connectivity index (χ0v) is 12.5. The predicted molar refractivity (Wildman–Crippen MR) is 80.4 cm³/mol. The molecule has 2 aromatic carbocycles. The fourth-order valence-electron chi connectivity index (χ4n) is 2.13. The lowest BCUT2D eigenvalue weighted by molar-refractivity contribution is 0.174. The van der Waals surface area contributed by atoms with Crippen LogP contribution in [0.25, 0.3) is 0 Å². The van der Waals surface area contributed by atoms with Crippen LogP contribution in [-0.2, 0) is 6.54 Å². The molecule has 3 rings (SSSR count). The fraction of sp³-hybridized carbons (Fsp3) is 0.200. The number of phenolic OH excluding ortho intramolecular Hbond substituents is 1. The smallest absolute Gasteiger partial charge is 0.231 e. The average Bonchev–Trinajstić information content (AvgIpc) is 2.84. The van der Waals surface area contributed by atoms with Gasteiger partial charge in [-0.3, -0.25) is 0 Å². The molecule has 1 heterocycles. The first-order valence-corrected chi connectivity index (χ1v) is 7.04. The van der Waals surface area contributed by atoms with Crippen LogP contribution in [0.5, 0.6) is 17.2 Å². The number of hydrogen-bond acceptors (Lipinski definition) is 4. The van der Waals surface area contributed by atoms with E-state index in [0.717, 1.165) is 21.3 Å². The number of benzene rings is 2. The third-order valence-corrected chi connectivity index (χ3v) is 3.72. The maximum atomic E-state index is 9.98. The van der Waals surface area contributed by atoms with Crippen molar-refractivity contribution in [3.8, 4) is 17.2 Å². The van der Waals surface area contributed by atoms with Crippen molar-refractivity contribution in [2.45, 2.75) is 13.5 Å². The summed E-state index contributed by atoms with van der Waals surface area (Å²) in [6.45, 7) is 2.76. The minimum Gasteiger partial charge on any atom is -0.507 e. The third kappa shape index (κ3) is 2.54. The van der Waals surface area contributed by atoms with Crippen LogP contribution in [0.2, 0.25) is 0 Å². The maximum absolute atomic E-state index is 9.98. The Kier molecular flexibility index (Phi) is 3.44. The molecule has 104 valence electrons. The number of hydrogen-bond donors (Lipinski definition) is 2. The Morgan fingerprint density at radius 2 is 1.95 bits per heavy atom. The van der Waals surface area contributed by atoms with Gasteiger partial charge >= 0.3 is 0 Å². The Morgan fingerprint density at radius 3 is 2.70 bits per heavy atom. The van der Waals surface area contributed by atoms with Crippen LogP contribution in [0.3, 0.4) is 0 Å². The molecule has 2 aromatic rings. The second kappa shape index (κ2) is 5.25. The maximum Gasteiger partial charge on any atom is 0.231 e. The molecule has 5 heteroatoms. The molecule has 1 aliphatic heterocycles. The van der Waals surface area contributed by atoms with Crippen molar-refractivity contribution in [3.05, 3.63) is 45.9 Å². The summed E-state index contributed by atoms with van der Waals surface area (Å²) in [6, 6.07) is 9.42. The number of anilines is 1. The lowest BCUT2D eigenvalue weighted by Crippen LogP contribution is -2.01. The third-order valence-electron chi connectivity index (χ3n) is 3.23. The zero-order valence-electron chi connectivity index (χ0n) is 10.9. The molecule has 0 fully saturated rings. The van der Waals surface area contributed by atoms with E-state index >= 15 is 0 Å². The highest BCUT2D eigenvalue weighted by Crippen LogP contribution is 2.37. The molecule has 0 aromatic heterocycles. The number of fused-ring (bicyclic) bond motifs is 1. The summed E-state index contributed by atoms with van der Waals surface area (Å²) in [5, 5.41) is 13.3. The Morgan fingerprint density at radius 1 is 1.20 bits per heavy atom. The SMILES string of the molecule is Cc1cc(Br)ccc1NCc1cc2c(cc1O)OCO2. The van der Waals surface area contributed by atoms with Gasteiger partial charge in [-0.25, -0.2) is 0 Å². The van der Waals surface area contributed by atoms with E-state index in [1.807, 2.05) is 25.1 Å². The van der Waals surface area contributed by atoms with Crippen molar-refractivity contribution >= 4 is 21.6 Å². The van der Waals surface area contributed by atoms with Gasteiger partial charge in [0.05, 0.1) is 0 Å². The van der Waals surface area contributed by atoms with Crippen LogP contribution in [0, 0.1) is 6.92 Å². The summed E-state index contributed by atoms with van der Waals surface area (Å²) in [6.07, 6.45) is 0. The molecule has 0 amide bonds. The van der Waals surface area contributed by atoms with Crippen molar-refractivity contribution in [1.82, 2.24) is 0 Å². The second-order valence-corrected chi connectivity index (χ2v) is 5.56. The van der Waals surface area contributed by atoms with E-state index in [1.165, 1.54) is 0 Å². The van der Waals surface area contributed by atoms with E-state index in [4.69, 9.17) is 9.47 Å². The minimum absolute atomic E-state index is 0.205. The monoisotopic (exact) mass is 335 g/mol. The van der Waals surface area contributed by atoms with Gasteiger partial charge in [0, 0.05) is 28.3 Å². The number of aromatic hydroxyl groups is 1. The quantitative estimate of drug-likeness (QED) is 0.895. The molecule has 0 radical (unpaired) electrons. The number of phenols is 1. The van der Waals surface area contributed by atoms with Crippen molar-refractivity contribution in [3.63, 3.8) is 0 Å². The van der Waals surface area contributed by atoms with Gasteiger partial charge in [-0.05, 0) is 36.8 Å². The summed E-state index contributed by atoms with van der Waals surface area (Å²) >= 11 is 3.44. The summed E-state index contributed by atoms with van der Waals surface area (Å²) in [7, 11) is 0. The molecule has 1 aliphatic rings. The molecule has 20 heavy (non-hydrogen) atoms. The Balaban J connectivity index is 1.78. The van der Waals surface area contributed by atoms with Crippen LogP contribution >= 0.6 is 15.9 Å². The van der Waals surface area contributed by atoms with E-state index in [-0.39, 0.29) is 12.5 Å². The number of halogens is 1. The van der Waals surface area contributed by atoms with Crippen molar-refractivity contribution < 1.29 is 14.6 Å². The summed E-state index contributed by atoms with van der Waals surface area (Å²) in [5.41, 5.74) is 2.95. The molecular formula is C15H14BrNO3. The Hall–Kier alpha value is -1.88. The van der Waals surface area contributed by atoms with E-state index < -0.39 is 0 Å². The van der Waals surface area contributed by atoms with Crippen LogP contribution < -0.4 is 14.8 Å². The number of nitrogens with one attached hydrogen (secondary N) is 1. The van der Waals surface area contributed by atoms with Gasteiger partial charge in [0.2, 0.25) is 6.79 Å². The molecule has 2 N–H and O–H groups in total. The topological polar surface area (TPSA) is 50.7 Å². The fourth-order valence-corrected chi connectivity index (χ4v) is 2.61. The van der Waals surface area contributed by atoms with Crippen molar-refractivity contribution in [2.24, 2.45) is 0 Å². The highest BCUT2D eigenvalue weighted by molar-refractivity contribution is 9.10. The molecular weight excluding hydrogens is 322 g/mol. The highest BCUT2D eigenvalue weighted by atomic mass is 79.9. The first-order chi connectivity index (χ1) is 9.63. The zero-order chi connectivity index (χ0) is 14.1. The molecule has 0 atom stereocenters. The van der Waals surface area contributed by atoms with Crippen LogP contribution in [0.1, 0.15) is 11.1 Å². The lowest BCUT2D eigenvalue weighted by Gasteiger charge is -2.11. The summed E-state index contributed by atoms with van der Waals surface area (Å²) < 4.78 is 11.6. The number of aryl methyl sites for hydroxylation is 1. The number of ether oxygens (including phenoxy) is 2. The first-order valence-electron chi connectivity index (χ1n) is 6.25. The molecule has 0 spiro atoms. The minimum atomic E-state index is 0.205. The molecule has 4 nitrogen and oxygen atoms in total. The average molecular weight is 336 g/mol. The predicted octanol–water partition coefficient (Wildman–Crippen LogP) is 3.80. The normalized spacial score (nSPS) is 12.5. The summed E-state index contributed by atoms with van der Waals surface area (Å²) in [5.74, 6) is 1.47. The summed E-state index contributed by atoms with van der Waals surface area (Å²) in [4.78, 5) is 0. The van der Waals surface area contributed by atoms with Crippen molar-refractivity contribution in [2.75, 3.05) is 12.1 Å². The van der Waals surface area contributed by atoms with E-state index in [9.17, 15) is 5.11 Å². The molecule has 0 unspecified atom stereocenters. The van der Waals surface area contributed by atoms with Gasteiger partial charge in [0.1, 0.15) is 5.75 Å². The van der Waals surface area contributed by atoms with E-state index in [1.54, 1.807) is 12.1 Å². The van der Waals surface area contributed by atoms with E-state index in [0.29, 0.717) is 18.0 Å². The van der Waals surface area contributed by atoms with Crippen LogP contribution in [0.4, 0.5) is 5.69 Å². The van der Waals surface area contributed by atoms with Gasteiger partial charge in [-0.2, -0.15) is 0 Å². The van der Waals surface area contributed by atoms with Gasteiger partial charge < -0.3 is 19.9 Å². The Labute approximate surface area is 125 Å². The Bertz CT molecular complexity index is 658. The second-order valence-electron chi connectivity index (χ2n) is 4.65. The van der Waals surface area contributed by atoms with Crippen molar-refractivity contribution in [1.29, 1.82) is 0 Å². The largest absolute Gasteiger partial charge is 0.507 e. The van der Waals surface area contributed by atoms with Gasteiger partial charge in [0.25, 0.3) is 0 Å². The van der Waals surface area contributed by atoms with Gasteiger partial charge in [-0.1, -0.05) is 15.9 Å². The lowest BCUT2D eigenvalue weighted by atomic mass is 10.1. The first kappa shape index (κ1) is 13.1. The molecule has 0 saturated heterocycles. The number of rotatable bonds is 3. The van der Waals surface area contributed by atoms with Gasteiger partial charge in [-0.15, -0.1) is 0 Å². The standard InChI is InChI=1S/C15H14BrNO3/c1-9-4-11(16)2-3-12(9)17-7-10-5-14-15(6-13(10)18)20-8-19-14/h2-6,17-18H,7-8H2,1H3. The van der Waals surface area contributed by atoms with E-state index in [2.05, 4.69) is 21.2 Å². The molecule has 0 bridgehead atoms. The molecule has 0 saturated carbocycles. The van der Waals surface area contributed by atoms with Crippen LogP contribution in [0.15, 0.2) is 34.8 Å².